The standard InChI is InChI=1S/C21H26BrNO3S/c1-3-14(2)26-18-10-9-16(11-17(18)22)12-19-20(24)23(21(25)27-19)13-15-7-5-4-6-8-15/h9-12,14-15H,3-8,13H2,1-2H3/b19-12+/t14-/m1/s1. The van der Waals surface area contributed by atoms with E-state index < -0.39 is 0 Å². The Balaban J connectivity index is 1.70. The molecule has 0 radical (unpaired) electrons. The molecule has 1 saturated carbocycles. The first-order valence-corrected chi connectivity index (χ1v) is 11.3. The first-order chi connectivity index (χ1) is 13.0. The lowest BCUT2D eigenvalue weighted by atomic mass is 9.89. The minimum Gasteiger partial charge on any atom is -0.490 e. The van der Waals surface area contributed by atoms with Crippen LogP contribution in [0.2, 0.25) is 0 Å². The van der Waals surface area contributed by atoms with E-state index in [1.165, 1.54) is 24.2 Å². The SMILES string of the molecule is CC[C@@H](C)Oc1ccc(/C=C2/SC(=O)N(CC3CCCCC3)C2=O)cc1Br. The van der Waals surface area contributed by atoms with Crippen molar-refractivity contribution in [3.8, 4) is 5.75 Å². The van der Waals surface area contributed by atoms with Crippen molar-refractivity contribution in [1.82, 2.24) is 4.90 Å². The van der Waals surface area contributed by atoms with Gasteiger partial charge in [0.25, 0.3) is 11.1 Å². The van der Waals surface area contributed by atoms with Crippen molar-refractivity contribution in [3.05, 3.63) is 33.1 Å². The van der Waals surface area contributed by atoms with Crippen molar-refractivity contribution < 1.29 is 14.3 Å². The largest absolute Gasteiger partial charge is 0.490 e. The second-order valence-corrected chi connectivity index (χ2v) is 9.17. The quantitative estimate of drug-likeness (QED) is 0.479. The number of amides is 2. The van der Waals surface area contributed by atoms with Gasteiger partial charge in [-0.25, -0.2) is 0 Å². The van der Waals surface area contributed by atoms with Crippen LogP contribution < -0.4 is 4.74 Å². The van der Waals surface area contributed by atoms with E-state index in [-0.39, 0.29) is 17.3 Å². The molecule has 27 heavy (non-hydrogen) atoms. The predicted octanol–water partition coefficient (Wildman–Crippen LogP) is 6.24. The summed E-state index contributed by atoms with van der Waals surface area (Å²) in [7, 11) is 0. The molecular weight excluding hydrogens is 426 g/mol. The van der Waals surface area contributed by atoms with Crippen molar-refractivity contribution >= 4 is 44.9 Å². The number of halogens is 1. The van der Waals surface area contributed by atoms with Gasteiger partial charge in [0.1, 0.15) is 5.75 Å². The second kappa shape index (κ2) is 9.28. The van der Waals surface area contributed by atoms with Gasteiger partial charge in [-0.1, -0.05) is 32.3 Å². The third kappa shape index (κ3) is 5.17. The molecule has 1 heterocycles. The van der Waals surface area contributed by atoms with Crippen LogP contribution in [0.15, 0.2) is 27.6 Å². The summed E-state index contributed by atoms with van der Waals surface area (Å²) in [5.74, 6) is 1.08. The third-order valence-electron chi connectivity index (χ3n) is 5.20. The maximum atomic E-state index is 12.7. The van der Waals surface area contributed by atoms with Crippen molar-refractivity contribution in [3.63, 3.8) is 0 Å². The number of benzene rings is 1. The van der Waals surface area contributed by atoms with Crippen molar-refractivity contribution in [2.24, 2.45) is 5.92 Å². The van der Waals surface area contributed by atoms with E-state index in [1.807, 2.05) is 25.1 Å². The van der Waals surface area contributed by atoms with Crippen LogP contribution in [-0.2, 0) is 4.79 Å². The number of nitrogens with zero attached hydrogens (tertiary/aromatic N) is 1. The zero-order valence-electron chi connectivity index (χ0n) is 15.9. The molecule has 1 saturated heterocycles. The fourth-order valence-electron chi connectivity index (χ4n) is 3.44. The lowest BCUT2D eigenvalue weighted by Crippen LogP contribution is -2.34. The molecule has 0 aromatic heterocycles. The van der Waals surface area contributed by atoms with Crippen LogP contribution in [0.3, 0.4) is 0 Å². The Morgan fingerprint density at radius 3 is 2.70 bits per heavy atom. The van der Waals surface area contributed by atoms with Crippen LogP contribution in [0, 0.1) is 5.92 Å². The zero-order valence-corrected chi connectivity index (χ0v) is 18.3. The number of ether oxygens (including phenoxy) is 1. The average Bonchev–Trinajstić information content (AvgIpc) is 2.92. The Labute approximate surface area is 173 Å². The molecule has 2 fully saturated rings. The molecule has 1 aliphatic carbocycles. The van der Waals surface area contributed by atoms with E-state index in [9.17, 15) is 9.59 Å². The van der Waals surface area contributed by atoms with Crippen molar-refractivity contribution in [1.29, 1.82) is 0 Å². The van der Waals surface area contributed by atoms with Gasteiger partial charge in [0.2, 0.25) is 0 Å². The highest BCUT2D eigenvalue weighted by Gasteiger charge is 2.36. The van der Waals surface area contributed by atoms with Gasteiger partial charge in [0, 0.05) is 6.54 Å². The van der Waals surface area contributed by atoms with Crippen LogP contribution in [0.1, 0.15) is 57.9 Å². The lowest BCUT2D eigenvalue weighted by molar-refractivity contribution is -0.123. The van der Waals surface area contributed by atoms with Gasteiger partial charge in [0.05, 0.1) is 15.5 Å². The normalized spacial score (nSPS) is 21.1. The molecule has 3 rings (SSSR count). The van der Waals surface area contributed by atoms with Gasteiger partial charge in [-0.3, -0.25) is 14.5 Å². The molecule has 6 heteroatoms. The van der Waals surface area contributed by atoms with E-state index in [4.69, 9.17) is 4.74 Å². The Morgan fingerprint density at radius 1 is 1.30 bits per heavy atom. The van der Waals surface area contributed by atoms with Crippen LogP contribution in [0.5, 0.6) is 5.75 Å². The molecule has 1 aromatic carbocycles. The van der Waals surface area contributed by atoms with E-state index in [2.05, 4.69) is 22.9 Å². The van der Waals surface area contributed by atoms with E-state index in [0.717, 1.165) is 46.8 Å². The molecule has 1 atom stereocenters. The molecule has 0 N–H and O–H groups in total. The van der Waals surface area contributed by atoms with Gasteiger partial charge >= 0.3 is 0 Å². The third-order valence-corrected chi connectivity index (χ3v) is 6.72. The fraction of sp³-hybridized carbons (Fsp3) is 0.524. The smallest absolute Gasteiger partial charge is 0.293 e. The summed E-state index contributed by atoms with van der Waals surface area (Å²) >= 11 is 4.58. The minimum absolute atomic E-state index is 0.142. The van der Waals surface area contributed by atoms with Gasteiger partial charge in [-0.05, 0) is 83.6 Å². The number of rotatable bonds is 6. The molecule has 0 spiro atoms. The Kier molecular flexibility index (Phi) is 7.04. The Hall–Kier alpha value is -1.27. The number of imide groups is 1. The summed E-state index contributed by atoms with van der Waals surface area (Å²) in [6.45, 7) is 4.67. The summed E-state index contributed by atoms with van der Waals surface area (Å²) in [5.41, 5.74) is 0.876. The maximum absolute atomic E-state index is 12.7. The molecule has 2 amide bonds. The molecule has 146 valence electrons. The molecule has 2 aliphatic rings. The zero-order chi connectivity index (χ0) is 19.4. The Morgan fingerprint density at radius 2 is 2.04 bits per heavy atom. The van der Waals surface area contributed by atoms with E-state index >= 15 is 0 Å². The highest BCUT2D eigenvalue weighted by atomic mass is 79.9. The van der Waals surface area contributed by atoms with Gasteiger partial charge in [-0.15, -0.1) is 0 Å². The summed E-state index contributed by atoms with van der Waals surface area (Å²) in [4.78, 5) is 27.0. The summed E-state index contributed by atoms with van der Waals surface area (Å²) in [6, 6.07) is 5.73. The van der Waals surface area contributed by atoms with Gasteiger partial charge in [0.15, 0.2) is 0 Å². The van der Waals surface area contributed by atoms with E-state index in [1.54, 1.807) is 6.08 Å². The van der Waals surface area contributed by atoms with Crippen LogP contribution in [-0.4, -0.2) is 28.7 Å². The molecule has 0 unspecified atom stereocenters. The first-order valence-electron chi connectivity index (χ1n) is 9.69. The molecule has 4 nitrogen and oxygen atoms in total. The Bertz CT molecular complexity index is 743. The first kappa shape index (κ1) is 20.5. The van der Waals surface area contributed by atoms with E-state index in [0.29, 0.717) is 17.4 Å². The number of hydrogen-bond donors (Lipinski definition) is 0. The van der Waals surface area contributed by atoms with Crippen molar-refractivity contribution in [2.45, 2.75) is 58.5 Å². The minimum atomic E-state index is -0.161. The highest BCUT2D eigenvalue weighted by Crippen LogP contribution is 2.36. The number of thioether (sulfide) groups is 1. The molecule has 1 aromatic rings. The van der Waals surface area contributed by atoms with Crippen LogP contribution >= 0.6 is 27.7 Å². The summed E-state index contributed by atoms with van der Waals surface area (Å²) in [5, 5.41) is -0.146. The number of carbonyl (C=O) groups excluding carboxylic acids is 2. The van der Waals surface area contributed by atoms with Gasteiger partial charge < -0.3 is 4.74 Å². The highest BCUT2D eigenvalue weighted by molar-refractivity contribution is 9.10. The predicted molar refractivity (Wildman–Crippen MR) is 114 cm³/mol. The number of carbonyl (C=O) groups is 2. The lowest BCUT2D eigenvalue weighted by Gasteiger charge is -2.25. The average molecular weight is 452 g/mol. The maximum Gasteiger partial charge on any atom is 0.293 e. The van der Waals surface area contributed by atoms with Crippen LogP contribution in [0.25, 0.3) is 6.08 Å². The van der Waals surface area contributed by atoms with Gasteiger partial charge in [-0.2, -0.15) is 0 Å². The summed E-state index contributed by atoms with van der Waals surface area (Å²) in [6.07, 6.45) is 8.78. The summed E-state index contributed by atoms with van der Waals surface area (Å²) < 4.78 is 6.70. The topological polar surface area (TPSA) is 46.6 Å². The monoisotopic (exact) mass is 451 g/mol. The second-order valence-electron chi connectivity index (χ2n) is 7.32. The molecular formula is C21H26BrNO3S. The van der Waals surface area contributed by atoms with Crippen molar-refractivity contribution in [2.75, 3.05) is 6.54 Å². The molecule has 0 bridgehead atoms. The number of hydrogen-bond acceptors (Lipinski definition) is 4. The molecule has 1 aliphatic heterocycles. The fourth-order valence-corrected chi connectivity index (χ4v) is 4.78. The van der Waals surface area contributed by atoms with Crippen LogP contribution in [0.4, 0.5) is 4.79 Å².